The van der Waals surface area contributed by atoms with E-state index in [2.05, 4.69) is 22.9 Å². The van der Waals surface area contributed by atoms with E-state index in [1.54, 1.807) is 7.05 Å². The van der Waals surface area contributed by atoms with Gasteiger partial charge in [-0.1, -0.05) is 13.3 Å². The maximum atomic E-state index is 11.4. The summed E-state index contributed by atoms with van der Waals surface area (Å²) >= 11 is 1.41. The number of carbonyl (C=O) groups is 2. The van der Waals surface area contributed by atoms with Crippen molar-refractivity contribution in [2.24, 2.45) is 0 Å². The van der Waals surface area contributed by atoms with Gasteiger partial charge >= 0.3 is 0 Å². The molecule has 1 aliphatic rings. The lowest BCUT2D eigenvalue weighted by atomic mass is 10.1. The molecule has 0 aromatic carbocycles. The molecule has 0 aromatic rings. The van der Waals surface area contributed by atoms with Gasteiger partial charge in [-0.25, -0.2) is 0 Å². The van der Waals surface area contributed by atoms with E-state index >= 15 is 0 Å². The molecule has 1 fully saturated rings. The molecule has 1 rings (SSSR count). The Balaban J connectivity index is 2.35. The molecule has 0 radical (unpaired) electrons. The minimum absolute atomic E-state index is 0.0290. The van der Waals surface area contributed by atoms with Gasteiger partial charge in [0.25, 0.3) is 0 Å². The Kier molecular flexibility index (Phi) is 5.62. The van der Waals surface area contributed by atoms with Crippen molar-refractivity contribution in [2.45, 2.75) is 37.7 Å². The van der Waals surface area contributed by atoms with Crippen molar-refractivity contribution in [1.29, 1.82) is 0 Å². The van der Waals surface area contributed by atoms with Crippen LogP contribution in [0.3, 0.4) is 0 Å². The fourth-order valence-corrected chi connectivity index (χ4v) is 2.56. The Labute approximate surface area is 100 Å². The van der Waals surface area contributed by atoms with Crippen molar-refractivity contribution in [3.05, 3.63) is 0 Å². The van der Waals surface area contributed by atoms with Gasteiger partial charge in [0.2, 0.25) is 11.8 Å². The van der Waals surface area contributed by atoms with Crippen molar-refractivity contribution in [3.63, 3.8) is 0 Å². The Morgan fingerprint density at radius 3 is 3.00 bits per heavy atom. The van der Waals surface area contributed by atoms with Crippen LogP contribution in [0.1, 0.15) is 26.2 Å². The molecule has 0 spiro atoms. The average molecular weight is 245 g/mol. The third-order valence-corrected chi connectivity index (χ3v) is 3.42. The second-order valence-corrected chi connectivity index (χ2v) is 4.88. The highest BCUT2D eigenvalue weighted by atomic mass is 32.2. The van der Waals surface area contributed by atoms with Crippen LogP contribution in [0.5, 0.6) is 0 Å². The molecule has 0 aromatic heterocycles. The number of amides is 2. The van der Waals surface area contributed by atoms with E-state index in [0.717, 1.165) is 12.8 Å². The quantitative estimate of drug-likeness (QED) is 0.639. The summed E-state index contributed by atoms with van der Waals surface area (Å²) in [5, 5.41) is 8.68. The highest BCUT2D eigenvalue weighted by Gasteiger charge is 2.25. The fourth-order valence-electron chi connectivity index (χ4n) is 1.60. The number of hydrogen-bond acceptors (Lipinski definition) is 4. The van der Waals surface area contributed by atoms with Gasteiger partial charge in [0.15, 0.2) is 0 Å². The zero-order chi connectivity index (χ0) is 12.0. The zero-order valence-corrected chi connectivity index (χ0v) is 10.5. The lowest BCUT2D eigenvalue weighted by Gasteiger charge is -2.30. The molecule has 0 aliphatic carbocycles. The second-order valence-electron chi connectivity index (χ2n) is 3.79. The van der Waals surface area contributed by atoms with Gasteiger partial charge < -0.3 is 10.6 Å². The molecule has 2 unspecified atom stereocenters. The van der Waals surface area contributed by atoms with Crippen molar-refractivity contribution in [3.8, 4) is 0 Å². The van der Waals surface area contributed by atoms with Crippen LogP contribution < -0.4 is 16.0 Å². The topological polar surface area (TPSA) is 70.2 Å². The number of thioether (sulfide) groups is 1. The summed E-state index contributed by atoms with van der Waals surface area (Å²) in [5.41, 5.74) is -0.143. The van der Waals surface area contributed by atoms with E-state index in [0.29, 0.717) is 12.2 Å². The molecule has 1 heterocycles. The van der Waals surface area contributed by atoms with Crippen LogP contribution in [0.2, 0.25) is 0 Å². The van der Waals surface area contributed by atoms with E-state index in [1.165, 1.54) is 11.8 Å². The van der Waals surface area contributed by atoms with Gasteiger partial charge in [0.1, 0.15) is 5.50 Å². The van der Waals surface area contributed by atoms with Crippen molar-refractivity contribution < 1.29 is 9.59 Å². The molecule has 2 amide bonds. The third kappa shape index (κ3) is 4.40. The lowest BCUT2D eigenvalue weighted by molar-refractivity contribution is -0.123. The first-order chi connectivity index (χ1) is 7.65. The summed E-state index contributed by atoms with van der Waals surface area (Å²) in [6.45, 7) is 2.10. The van der Waals surface area contributed by atoms with E-state index in [-0.39, 0.29) is 23.4 Å². The van der Waals surface area contributed by atoms with Gasteiger partial charge in [-0.3, -0.25) is 14.9 Å². The SMILES string of the molecule is CCCC1CC(=O)NC(SCC(=O)NC)N1. The van der Waals surface area contributed by atoms with Crippen LogP contribution >= 0.6 is 11.8 Å². The van der Waals surface area contributed by atoms with Gasteiger partial charge in [0.05, 0.1) is 5.75 Å². The smallest absolute Gasteiger partial charge is 0.229 e. The van der Waals surface area contributed by atoms with Crippen molar-refractivity contribution >= 4 is 23.6 Å². The summed E-state index contributed by atoms with van der Waals surface area (Å²) in [7, 11) is 1.61. The summed E-state index contributed by atoms with van der Waals surface area (Å²) in [6, 6.07) is 0.237. The molecule has 1 saturated heterocycles. The molecular formula is C10H19N3O2S. The highest BCUT2D eigenvalue weighted by molar-refractivity contribution is 8.00. The highest BCUT2D eigenvalue weighted by Crippen LogP contribution is 2.14. The monoisotopic (exact) mass is 245 g/mol. The van der Waals surface area contributed by atoms with E-state index < -0.39 is 0 Å². The normalized spacial score (nSPS) is 25.0. The Hall–Kier alpha value is -0.750. The summed E-state index contributed by atoms with van der Waals surface area (Å²) in [5.74, 6) is 0.387. The molecule has 2 atom stereocenters. The third-order valence-electron chi connectivity index (χ3n) is 2.41. The van der Waals surface area contributed by atoms with Crippen molar-refractivity contribution in [2.75, 3.05) is 12.8 Å². The zero-order valence-electron chi connectivity index (χ0n) is 9.71. The maximum Gasteiger partial charge on any atom is 0.229 e. The van der Waals surface area contributed by atoms with Crippen LogP contribution in [0.4, 0.5) is 0 Å². The van der Waals surface area contributed by atoms with E-state index in [9.17, 15) is 9.59 Å². The predicted molar refractivity (Wildman–Crippen MR) is 64.9 cm³/mol. The minimum atomic E-state index is -0.143. The minimum Gasteiger partial charge on any atom is -0.358 e. The molecule has 6 heteroatoms. The van der Waals surface area contributed by atoms with Gasteiger partial charge in [-0.15, -0.1) is 11.8 Å². The Morgan fingerprint density at radius 1 is 1.62 bits per heavy atom. The molecule has 16 heavy (non-hydrogen) atoms. The van der Waals surface area contributed by atoms with Crippen LogP contribution in [-0.4, -0.2) is 36.2 Å². The number of nitrogens with one attached hydrogen (secondary N) is 3. The summed E-state index contributed by atoms with van der Waals surface area (Å²) in [6.07, 6.45) is 2.58. The number of carbonyl (C=O) groups excluding carboxylic acids is 2. The average Bonchev–Trinajstić information content (AvgIpc) is 2.25. The first-order valence-corrected chi connectivity index (χ1v) is 6.58. The van der Waals surface area contributed by atoms with E-state index in [4.69, 9.17) is 0 Å². The van der Waals surface area contributed by atoms with Gasteiger partial charge in [-0.05, 0) is 6.42 Å². The first kappa shape index (κ1) is 13.3. The maximum absolute atomic E-state index is 11.4. The summed E-state index contributed by atoms with van der Waals surface area (Å²) < 4.78 is 0. The number of rotatable bonds is 5. The van der Waals surface area contributed by atoms with Crippen LogP contribution in [0.15, 0.2) is 0 Å². The molecule has 0 saturated carbocycles. The molecule has 0 bridgehead atoms. The molecule has 1 aliphatic heterocycles. The lowest BCUT2D eigenvalue weighted by Crippen LogP contribution is -2.55. The molecular weight excluding hydrogens is 226 g/mol. The van der Waals surface area contributed by atoms with E-state index in [1.807, 2.05) is 0 Å². The largest absolute Gasteiger partial charge is 0.358 e. The molecule has 3 N–H and O–H groups in total. The summed E-state index contributed by atoms with van der Waals surface area (Å²) in [4.78, 5) is 22.5. The number of hydrogen-bond donors (Lipinski definition) is 3. The van der Waals surface area contributed by atoms with Crippen LogP contribution in [0, 0.1) is 0 Å². The Morgan fingerprint density at radius 2 is 2.38 bits per heavy atom. The van der Waals surface area contributed by atoms with Gasteiger partial charge in [-0.2, -0.15) is 0 Å². The molecule has 92 valence electrons. The van der Waals surface area contributed by atoms with Crippen LogP contribution in [0.25, 0.3) is 0 Å². The Bertz CT molecular complexity index is 260. The predicted octanol–water partition coefficient (Wildman–Crippen LogP) is 0.0274. The van der Waals surface area contributed by atoms with Gasteiger partial charge in [0, 0.05) is 19.5 Å². The van der Waals surface area contributed by atoms with Crippen LogP contribution in [-0.2, 0) is 9.59 Å². The first-order valence-electron chi connectivity index (χ1n) is 5.53. The molecule has 5 nitrogen and oxygen atoms in total. The van der Waals surface area contributed by atoms with Crippen molar-refractivity contribution in [1.82, 2.24) is 16.0 Å². The standard InChI is InChI=1S/C10H19N3O2S/c1-3-4-7-5-8(14)13-10(12-7)16-6-9(15)11-2/h7,10,12H,3-6H2,1-2H3,(H,11,15)(H,13,14). The fraction of sp³-hybridized carbons (Fsp3) is 0.800. The second kappa shape index (κ2) is 6.75.